The SMILES string of the molecule is CCNC(=NCc1ccc(OCC)c(OC)c1)NCc1ccc(F)cc1.I. The zero-order valence-electron chi connectivity index (χ0n) is 15.9. The van der Waals surface area contributed by atoms with Gasteiger partial charge in [0.25, 0.3) is 0 Å². The molecule has 0 bridgehead atoms. The highest BCUT2D eigenvalue weighted by Crippen LogP contribution is 2.28. The second kappa shape index (κ2) is 12.4. The van der Waals surface area contributed by atoms with Crippen molar-refractivity contribution in [3.63, 3.8) is 0 Å². The monoisotopic (exact) mass is 487 g/mol. The Bertz CT molecular complexity index is 724. The van der Waals surface area contributed by atoms with Gasteiger partial charge in [-0.3, -0.25) is 0 Å². The second-order valence-electron chi connectivity index (χ2n) is 5.59. The van der Waals surface area contributed by atoms with E-state index in [1.54, 1.807) is 19.2 Å². The average molecular weight is 487 g/mol. The van der Waals surface area contributed by atoms with Crippen LogP contribution in [0.3, 0.4) is 0 Å². The fourth-order valence-electron chi connectivity index (χ4n) is 2.39. The van der Waals surface area contributed by atoms with Crippen LogP contribution in [0.25, 0.3) is 0 Å². The van der Waals surface area contributed by atoms with E-state index in [-0.39, 0.29) is 29.8 Å². The summed E-state index contributed by atoms with van der Waals surface area (Å²) >= 11 is 0. The van der Waals surface area contributed by atoms with Gasteiger partial charge in [0.05, 0.1) is 20.3 Å². The van der Waals surface area contributed by atoms with Crippen molar-refractivity contribution >= 4 is 29.9 Å². The molecule has 148 valence electrons. The summed E-state index contributed by atoms with van der Waals surface area (Å²) in [6.07, 6.45) is 0. The Labute approximate surface area is 177 Å². The largest absolute Gasteiger partial charge is 0.493 e. The van der Waals surface area contributed by atoms with Gasteiger partial charge in [-0.05, 0) is 49.2 Å². The molecule has 0 spiro atoms. The first kappa shape index (κ1) is 23.0. The van der Waals surface area contributed by atoms with Crippen LogP contribution in [0.4, 0.5) is 4.39 Å². The number of benzene rings is 2. The van der Waals surface area contributed by atoms with Crippen LogP contribution in [0, 0.1) is 5.82 Å². The maximum Gasteiger partial charge on any atom is 0.191 e. The molecule has 2 N–H and O–H groups in total. The van der Waals surface area contributed by atoms with Crippen molar-refractivity contribution in [1.82, 2.24) is 10.6 Å². The first-order chi connectivity index (χ1) is 12.7. The molecule has 0 heterocycles. The lowest BCUT2D eigenvalue weighted by Crippen LogP contribution is -2.36. The van der Waals surface area contributed by atoms with Crippen molar-refractivity contribution in [1.29, 1.82) is 0 Å². The summed E-state index contributed by atoms with van der Waals surface area (Å²) in [6.45, 7) is 6.36. The standard InChI is InChI=1S/C20H26FN3O2.HI/c1-4-22-20(23-13-15-6-9-17(21)10-7-15)24-14-16-8-11-18(26-5-2)19(12-16)25-3;/h6-12H,4-5,13-14H2,1-3H3,(H2,22,23,24);1H. The summed E-state index contributed by atoms with van der Waals surface area (Å²) < 4.78 is 23.9. The summed E-state index contributed by atoms with van der Waals surface area (Å²) in [5.41, 5.74) is 2.00. The van der Waals surface area contributed by atoms with E-state index in [9.17, 15) is 4.39 Å². The van der Waals surface area contributed by atoms with Crippen molar-refractivity contribution < 1.29 is 13.9 Å². The Morgan fingerprint density at radius 2 is 1.70 bits per heavy atom. The van der Waals surface area contributed by atoms with Crippen LogP contribution in [0.15, 0.2) is 47.5 Å². The van der Waals surface area contributed by atoms with Crippen LogP contribution in [0.2, 0.25) is 0 Å². The minimum absolute atomic E-state index is 0. The quantitative estimate of drug-likeness (QED) is 0.335. The molecule has 0 unspecified atom stereocenters. The van der Waals surface area contributed by atoms with E-state index in [4.69, 9.17) is 9.47 Å². The lowest BCUT2D eigenvalue weighted by molar-refractivity contribution is 0.310. The topological polar surface area (TPSA) is 54.9 Å². The molecule has 0 aliphatic carbocycles. The number of guanidine groups is 1. The summed E-state index contributed by atoms with van der Waals surface area (Å²) in [7, 11) is 1.62. The van der Waals surface area contributed by atoms with Gasteiger partial charge in [-0.25, -0.2) is 9.38 Å². The minimum atomic E-state index is -0.237. The van der Waals surface area contributed by atoms with Gasteiger partial charge in [-0.1, -0.05) is 18.2 Å². The summed E-state index contributed by atoms with van der Waals surface area (Å²) in [5, 5.41) is 6.45. The van der Waals surface area contributed by atoms with Crippen LogP contribution in [-0.2, 0) is 13.1 Å². The summed E-state index contributed by atoms with van der Waals surface area (Å²) in [6, 6.07) is 12.2. The highest BCUT2D eigenvalue weighted by Gasteiger charge is 2.05. The van der Waals surface area contributed by atoms with E-state index >= 15 is 0 Å². The van der Waals surface area contributed by atoms with Gasteiger partial charge in [0.15, 0.2) is 17.5 Å². The molecule has 0 aliphatic heterocycles. The van der Waals surface area contributed by atoms with E-state index in [1.807, 2.05) is 32.0 Å². The molecule has 0 fully saturated rings. The number of hydrogen-bond donors (Lipinski definition) is 2. The van der Waals surface area contributed by atoms with Crippen molar-refractivity contribution in [2.75, 3.05) is 20.3 Å². The van der Waals surface area contributed by atoms with E-state index in [0.29, 0.717) is 31.4 Å². The normalized spacial score (nSPS) is 10.7. The van der Waals surface area contributed by atoms with E-state index in [2.05, 4.69) is 15.6 Å². The highest BCUT2D eigenvalue weighted by atomic mass is 127. The van der Waals surface area contributed by atoms with Crippen molar-refractivity contribution in [3.05, 3.63) is 59.4 Å². The fraction of sp³-hybridized carbons (Fsp3) is 0.350. The van der Waals surface area contributed by atoms with E-state index < -0.39 is 0 Å². The highest BCUT2D eigenvalue weighted by molar-refractivity contribution is 14.0. The minimum Gasteiger partial charge on any atom is -0.493 e. The van der Waals surface area contributed by atoms with Crippen LogP contribution in [-0.4, -0.2) is 26.2 Å². The van der Waals surface area contributed by atoms with Crippen LogP contribution < -0.4 is 20.1 Å². The lowest BCUT2D eigenvalue weighted by Gasteiger charge is -2.12. The maximum absolute atomic E-state index is 13.0. The first-order valence-electron chi connectivity index (χ1n) is 8.72. The molecule has 0 atom stereocenters. The zero-order valence-corrected chi connectivity index (χ0v) is 18.3. The third-order valence-corrected chi connectivity index (χ3v) is 3.67. The number of nitrogens with zero attached hydrogens (tertiary/aromatic N) is 1. The molecule has 2 aromatic carbocycles. The van der Waals surface area contributed by atoms with Crippen molar-refractivity contribution in [3.8, 4) is 11.5 Å². The number of ether oxygens (including phenoxy) is 2. The molecule has 0 amide bonds. The Morgan fingerprint density at radius 3 is 2.33 bits per heavy atom. The Balaban J connectivity index is 0.00000364. The molecule has 0 radical (unpaired) electrons. The number of methoxy groups -OCH3 is 1. The Kier molecular flexibility index (Phi) is 10.5. The molecule has 0 saturated heterocycles. The van der Waals surface area contributed by atoms with Crippen molar-refractivity contribution in [2.45, 2.75) is 26.9 Å². The fourth-order valence-corrected chi connectivity index (χ4v) is 2.39. The predicted octanol–water partition coefficient (Wildman–Crippen LogP) is 4.11. The molecule has 27 heavy (non-hydrogen) atoms. The third kappa shape index (κ3) is 7.62. The molecule has 7 heteroatoms. The molecular weight excluding hydrogens is 460 g/mol. The molecule has 0 aliphatic rings. The van der Waals surface area contributed by atoms with Crippen LogP contribution in [0.1, 0.15) is 25.0 Å². The molecule has 0 aromatic heterocycles. The van der Waals surface area contributed by atoms with Crippen LogP contribution >= 0.6 is 24.0 Å². The molecule has 2 rings (SSSR count). The smallest absolute Gasteiger partial charge is 0.191 e. The number of aliphatic imine (C=N–C) groups is 1. The van der Waals surface area contributed by atoms with Gasteiger partial charge >= 0.3 is 0 Å². The first-order valence-corrected chi connectivity index (χ1v) is 8.72. The third-order valence-electron chi connectivity index (χ3n) is 3.67. The molecular formula is C20H27FIN3O2. The predicted molar refractivity (Wildman–Crippen MR) is 118 cm³/mol. The average Bonchev–Trinajstić information content (AvgIpc) is 2.66. The number of halogens is 2. The van der Waals surface area contributed by atoms with Gasteiger partial charge in [-0.15, -0.1) is 24.0 Å². The van der Waals surface area contributed by atoms with Gasteiger partial charge in [0.1, 0.15) is 5.82 Å². The van der Waals surface area contributed by atoms with E-state index in [1.165, 1.54) is 12.1 Å². The summed E-state index contributed by atoms with van der Waals surface area (Å²) in [4.78, 5) is 4.59. The molecule has 5 nitrogen and oxygen atoms in total. The van der Waals surface area contributed by atoms with Crippen molar-refractivity contribution in [2.24, 2.45) is 4.99 Å². The van der Waals surface area contributed by atoms with Crippen LogP contribution in [0.5, 0.6) is 11.5 Å². The molecule has 2 aromatic rings. The Hall–Kier alpha value is -2.03. The number of nitrogens with one attached hydrogen (secondary N) is 2. The summed E-state index contributed by atoms with van der Waals surface area (Å²) in [5.74, 6) is 1.89. The van der Waals surface area contributed by atoms with E-state index in [0.717, 1.165) is 23.4 Å². The second-order valence-corrected chi connectivity index (χ2v) is 5.59. The zero-order chi connectivity index (χ0) is 18.8. The van der Waals surface area contributed by atoms with Gasteiger partial charge in [0, 0.05) is 13.1 Å². The van der Waals surface area contributed by atoms with Gasteiger partial charge in [-0.2, -0.15) is 0 Å². The number of rotatable bonds is 8. The lowest BCUT2D eigenvalue weighted by atomic mass is 10.2. The number of hydrogen-bond acceptors (Lipinski definition) is 3. The Morgan fingerprint density at radius 1 is 1.00 bits per heavy atom. The molecule has 0 saturated carbocycles. The van der Waals surface area contributed by atoms with Gasteiger partial charge < -0.3 is 20.1 Å². The van der Waals surface area contributed by atoms with Gasteiger partial charge in [0.2, 0.25) is 0 Å². The maximum atomic E-state index is 13.0.